The Morgan fingerprint density at radius 3 is 2.71 bits per heavy atom. The van der Waals surface area contributed by atoms with Crippen molar-refractivity contribution in [2.75, 3.05) is 25.5 Å². The number of likely N-dealkylation sites (tertiary alicyclic amines) is 1. The second-order valence-corrected chi connectivity index (χ2v) is 9.22. The minimum Gasteiger partial charge on any atom is -0.489 e. The van der Waals surface area contributed by atoms with Gasteiger partial charge in [0, 0.05) is 31.9 Å². The normalized spacial score (nSPS) is 18.4. The highest BCUT2D eigenvalue weighted by Gasteiger charge is 2.27. The molecule has 35 heavy (non-hydrogen) atoms. The molecule has 1 fully saturated rings. The summed E-state index contributed by atoms with van der Waals surface area (Å²) in [6.45, 7) is 6.63. The monoisotopic (exact) mass is 469 g/mol. The molecule has 4 aromatic rings. The fourth-order valence-corrected chi connectivity index (χ4v) is 4.87. The van der Waals surface area contributed by atoms with Crippen molar-refractivity contribution in [1.29, 1.82) is 0 Å². The molecular weight excluding hydrogens is 438 g/mol. The maximum absolute atomic E-state index is 12.9. The van der Waals surface area contributed by atoms with Crippen molar-refractivity contribution < 1.29 is 4.74 Å². The number of fused-ring (bicyclic) bond motifs is 1. The number of aromatic nitrogens is 3. The lowest BCUT2D eigenvalue weighted by Crippen LogP contribution is -2.44. The first kappa shape index (κ1) is 22.9. The Bertz CT molecular complexity index is 1340. The maximum atomic E-state index is 12.9. The number of anilines is 1. The molecule has 0 aliphatic carbocycles. The van der Waals surface area contributed by atoms with E-state index in [0.29, 0.717) is 36.1 Å². The van der Waals surface area contributed by atoms with E-state index < -0.39 is 0 Å². The summed E-state index contributed by atoms with van der Waals surface area (Å²) in [5, 5.41) is 3.56. The predicted molar refractivity (Wildman–Crippen MR) is 140 cm³/mol. The molecule has 7 heteroatoms. The molecule has 7 nitrogen and oxygen atoms in total. The van der Waals surface area contributed by atoms with E-state index in [0.717, 1.165) is 30.8 Å². The molecule has 2 aromatic heterocycles. The molecule has 0 spiro atoms. The molecule has 180 valence electrons. The molecule has 1 aliphatic heterocycles. The second-order valence-electron chi connectivity index (χ2n) is 9.22. The molecule has 3 heterocycles. The van der Waals surface area contributed by atoms with Gasteiger partial charge in [0.25, 0.3) is 5.56 Å². The first-order valence-corrected chi connectivity index (χ1v) is 12.0. The van der Waals surface area contributed by atoms with Crippen LogP contribution in [0.3, 0.4) is 0 Å². The van der Waals surface area contributed by atoms with E-state index in [1.165, 1.54) is 5.56 Å². The number of H-pyrrole nitrogens is 1. The number of nitrogens with one attached hydrogen (secondary N) is 2. The minimum absolute atomic E-state index is 0.0887. The minimum atomic E-state index is -0.0887. The number of likely N-dealkylation sites (N-methyl/N-ethyl adjacent to an activating group) is 1. The molecule has 0 radical (unpaired) electrons. The smallest absolute Gasteiger partial charge is 0.279 e. The first-order valence-electron chi connectivity index (χ1n) is 12.0. The molecule has 2 N–H and O–H groups in total. The molecule has 2 aromatic carbocycles. The van der Waals surface area contributed by atoms with E-state index in [1.54, 1.807) is 16.8 Å². The lowest BCUT2D eigenvalue weighted by molar-refractivity contribution is 0.234. The Morgan fingerprint density at radius 2 is 1.94 bits per heavy atom. The highest BCUT2D eigenvalue weighted by molar-refractivity contribution is 5.75. The van der Waals surface area contributed by atoms with Crippen molar-refractivity contribution in [2.45, 2.75) is 31.5 Å². The summed E-state index contributed by atoms with van der Waals surface area (Å²) in [5.41, 5.74) is 3.54. The van der Waals surface area contributed by atoms with E-state index in [2.05, 4.69) is 65.2 Å². The second kappa shape index (κ2) is 10.2. The summed E-state index contributed by atoms with van der Waals surface area (Å²) >= 11 is 0. The van der Waals surface area contributed by atoms with Crippen molar-refractivity contribution in [3.8, 4) is 5.75 Å². The van der Waals surface area contributed by atoms with Crippen LogP contribution in [0, 0.1) is 0 Å². The van der Waals surface area contributed by atoms with Gasteiger partial charge >= 0.3 is 0 Å². The summed E-state index contributed by atoms with van der Waals surface area (Å²) in [5.74, 6) is 1.82. The Hall–Kier alpha value is -3.84. The van der Waals surface area contributed by atoms with Crippen molar-refractivity contribution in [2.24, 2.45) is 0 Å². The fraction of sp³-hybridized carbons (Fsp3) is 0.286. The number of allylic oxidation sites excluding steroid dienone is 1. The summed E-state index contributed by atoms with van der Waals surface area (Å²) < 4.78 is 7.60. The molecule has 5 rings (SSSR count). The summed E-state index contributed by atoms with van der Waals surface area (Å²) in [6.07, 6.45) is 4.42. The van der Waals surface area contributed by atoms with Crippen LogP contribution in [0.5, 0.6) is 5.75 Å². The Balaban J connectivity index is 1.30. The number of hydrogen-bond acceptors (Lipinski definition) is 5. The van der Waals surface area contributed by atoms with Crippen molar-refractivity contribution >= 4 is 17.0 Å². The number of piperidine rings is 1. The number of aromatic amines is 1. The van der Waals surface area contributed by atoms with Crippen LogP contribution in [0.2, 0.25) is 0 Å². The number of hydrogen-bond donors (Lipinski definition) is 2. The van der Waals surface area contributed by atoms with Crippen LogP contribution < -0.4 is 15.6 Å². The van der Waals surface area contributed by atoms with Crippen molar-refractivity contribution in [3.63, 3.8) is 0 Å². The van der Waals surface area contributed by atoms with Crippen LogP contribution in [0.1, 0.15) is 23.5 Å². The zero-order valence-electron chi connectivity index (χ0n) is 20.0. The standard InChI is InChI=1S/C28H31N5O2/c1-3-15-33-27(34)26-25(13-14-29-26)31-28(33)30-23-16-22(17-32(2)18-23)21-9-11-24(12-10-21)35-19-20-7-5-4-6-8-20/h3-14,22-23,29H,1,15-19H2,2H3,(H,30,31)/t22-,23+/m0/s1. The van der Waals surface area contributed by atoms with Crippen molar-refractivity contribution in [3.05, 3.63) is 101 Å². The third-order valence-electron chi connectivity index (χ3n) is 6.54. The van der Waals surface area contributed by atoms with E-state index >= 15 is 0 Å². The van der Waals surface area contributed by atoms with Crippen LogP contribution in [0.25, 0.3) is 11.0 Å². The fourth-order valence-electron chi connectivity index (χ4n) is 4.87. The number of ether oxygens (including phenoxy) is 1. The van der Waals surface area contributed by atoms with Gasteiger partial charge in [0.15, 0.2) is 0 Å². The van der Waals surface area contributed by atoms with Crippen LogP contribution in [-0.4, -0.2) is 45.6 Å². The van der Waals surface area contributed by atoms with Gasteiger partial charge < -0.3 is 19.9 Å². The Labute approximate surface area is 205 Å². The van der Waals surface area contributed by atoms with E-state index in [4.69, 9.17) is 9.72 Å². The van der Waals surface area contributed by atoms with E-state index in [1.807, 2.05) is 24.3 Å². The summed E-state index contributed by atoms with van der Waals surface area (Å²) in [4.78, 5) is 23.0. The van der Waals surface area contributed by atoms with Crippen molar-refractivity contribution in [1.82, 2.24) is 19.4 Å². The van der Waals surface area contributed by atoms with E-state index in [-0.39, 0.29) is 11.6 Å². The predicted octanol–water partition coefficient (Wildman–Crippen LogP) is 4.39. The molecule has 0 bridgehead atoms. The zero-order chi connectivity index (χ0) is 24.2. The van der Waals surface area contributed by atoms with Crippen LogP contribution >= 0.6 is 0 Å². The maximum Gasteiger partial charge on any atom is 0.279 e. The number of benzene rings is 2. The molecule has 1 aliphatic rings. The number of nitrogens with zero attached hydrogens (tertiary/aromatic N) is 3. The molecule has 0 saturated carbocycles. The van der Waals surface area contributed by atoms with Gasteiger partial charge in [-0.3, -0.25) is 9.36 Å². The zero-order valence-corrected chi connectivity index (χ0v) is 20.0. The van der Waals surface area contributed by atoms with Crippen LogP contribution in [0.15, 0.2) is 84.3 Å². The summed E-state index contributed by atoms with van der Waals surface area (Å²) in [7, 11) is 2.14. The molecule has 2 atom stereocenters. The largest absolute Gasteiger partial charge is 0.489 e. The van der Waals surface area contributed by atoms with Gasteiger partial charge in [-0.15, -0.1) is 6.58 Å². The Morgan fingerprint density at radius 1 is 1.14 bits per heavy atom. The van der Waals surface area contributed by atoms with Gasteiger partial charge in [0.05, 0.1) is 5.52 Å². The third kappa shape index (κ3) is 5.15. The molecule has 0 amide bonds. The average molecular weight is 470 g/mol. The molecular formula is C28H31N5O2. The first-order chi connectivity index (χ1) is 17.1. The molecule has 0 unspecified atom stereocenters. The topological polar surface area (TPSA) is 75.2 Å². The molecule has 1 saturated heterocycles. The van der Waals surface area contributed by atoms with Crippen LogP contribution in [0.4, 0.5) is 5.95 Å². The SMILES string of the molecule is C=CCn1c(N[C@@H]2C[C@H](c3ccc(OCc4ccccc4)cc3)CN(C)C2)nc2cc[nH]c2c1=O. The lowest BCUT2D eigenvalue weighted by Gasteiger charge is -2.36. The quantitative estimate of drug-likeness (QED) is 0.375. The highest BCUT2D eigenvalue weighted by Crippen LogP contribution is 2.29. The van der Waals surface area contributed by atoms with Crippen LogP contribution in [-0.2, 0) is 13.2 Å². The summed E-state index contributed by atoms with van der Waals surface area (Å²) in [6, 6.07) is 20.6. The third-order valence-corrected chi connectivity index (χ3v) is 6.54. The Kier molecular flexibility index (Phi) is 6.68. The van der Waals surface area contributed by atoms with Gasteiger partial charge in [-0.05, 0) is 48.7 Å². The van der Waals surface area contributed by atoms with Gasteiger partial charge in [0.2, 0.25) is 5.95 Å². The van der Waals surface area contributed by atoms with Gasteiger partial charge in [-0.2, -0.15) is 0 Å². The van der Waals surface area contributed by atoms with Gasteiger partial charge in [-0.25, -0.2) is 4.98 Å². The van der Waals surface area contributed by atoms with Gasteiger partial charge in [0.1, 0.15) is 17.9 Å². The lowest BCUT2D eigenvalue weighted by atomic mass is 9.88. The van der Waals surface area contributed by atoms with Gasteiger partial charge in [-0.1, -0.05) is 48.5 Å². The van der Waals surface area contributed by atoms with E-state index in [9.17, 15) is 4.79 Å². The average Bonchev–Trinajstić information content (AvgIpc) is 3.35. The number of rotatable bonds is 8. The highest BCUT2D eigenvalue weighted by atomic mass is 16.5.